The van der Waals surface area contributed by atoms with Gasteiger partial charge in [-0.05, 0) is 37.6 Å². The Morgan fingerprint density at radius 2 is 1.44 bits per heavy atom. The highest BCUT2D eigenvalue weighted by molar-refractivity contribution is 5.94. The predicted molar refractivity (Wildman–Crippen MR) is 134 cm³/mol. The van der Waals surface area contributed by atoms with Crippen molar-refractivity contribution in [3.8, 4) is 0 Å². The number of carbonyl (C=O) groups is 1. The van der Waals surface area contributed by atoms with Crippen molar-refractivity contribution in [2.75, 3.05) is 0 Å². The minimum atomic E-state index is -0.154. The summed E-state index contributed by atoms with van der Waals surface area (Å²) < 4.78 is 2.30. The van der Waals surface area contributed by atoms with Gasteiger partial charge in [-0.1, -0.05) is 95.0 Å². The number of para-hydroxylation sites is 2. The Kier molecular flexibility index (Phi) is 9.80. The topological polar surface area (TPSA) is 46.9 Å². The Balaban J connectivity index is 1.54. The van der Waals surface area contributed by atoms with Crippen molar-refractivity contribution in [2.45, 2.75) is 90.6 Å². The molecule has 1 unspecified atom stereocenters. The molecule has 1 atom stereocenters. The second kappa shape index (κ2) is 13.0. The SMILES string of the molecule is CCCCCCCCCCCCn1c(C(C)NC(=O)c2ccccc2)nc2ccccc21. The van der Waals surface area contributed by atoms with E-state index in [0.29, 0.717) is 5.56 Å². The molecule has 3 rings (SSSR count). The molecule has 0 aliphatic carbocycles. The molecule has 1 aromatic heterocycles. The van der Waals surface area contributed by atoms with Gasteiger partial charge in [-0.3, -0.25) is 4.79 Å². The number of hydrogen-bond donors (Lipinski definition) is 1. The molecule has 0 aliphatic heterocycles. The number of benzene rings is 2. The summed E-state index contributed by atoms with van der Waals surface area (Å²) in [5.74, 6) is 0.877. The average Bonchev–Trinajstić information content (AvgIpc) is 3.19. The number of fused-ring (bicyclic) bond motifs is 1. The van der Waals surface area contributed by atoms with E-state index in [-0.39, 0.29) is 11.9 Å². The number of amides is 1. The van der Waals surface area contributed by atoms with Crippen molar-refractivity contribution < 1.29 is 4.79 Å². The first-order valence-electron chi connectivity index (χ1n) is 12.5. The number of aromatic nitrogens is 2. The number of nitrogens with one attached hydrogen (secondary N) is 1. The third kappa shape index (κ3) is 6.94. The Labute approximate surface area is 193 Å². The third-order valence-electron chi connectivity index (χ3n) is 6.19. The second-order valence-corrected chi connectivity index (χ2v) is 8.85. The predicted octanol–water partition coefficient (Wildman–Crippen LogP) is 7.45. The van der Waals surface area contributed by atoms with Crippen LogP contribution in [0.5, 0.6) is 0 Å². The minimum absolute atomic E-state index is 0.0596. The average molecular weight is 434 g/mol. The van der Waals surface area contributed by atoms with Crippen LogP contribution in [-0.4, -0.2) is 15.5 Å². The van der Waals surface area contributed by atoms with E-state index in [2.05, 4.69) is 35.0 Å². The fraction of sp³-hybridized carbons (Fsp3) is 0.500. The van der Waals surface area contributed by atoms with Crippen LogP contribution in [0.3, 0.4) is 0 Å². The minimum Gasteiger partial charge on any atom is -0.342 e. The number of carbonyl (C=O) groups excluding carboxylic acids is 1. The molecule has 0 aliphatic rings. The van der Waals surface area contributed by atoms with Crippen LogP contribution in [0.1, 0.15) is 100 Å². The van der Waals surface area contributed by atoms with E-state index in [9.17, 15) is 4.79 Å². The highest BCUT2D eigenvalue weighted by Gasteiger charge is 2.18. The lowest BCUT2D eigenvalue weighted by Crippen LogP contribution is -2.28. The zero-order chi connectivity index (χ0) is 22.6. The Morgan fingerprint density at radius 1 is 0.844 bits per heavy atom. The maximum atomic E-state index is 12.7. The second-order valence-electron chi connectivity index (χ2n) is 8.85. The summed E-state index contributed by atoms with van der Waals surface area (Å²) in [7, 11) is 0. The van der Waals surface area contributed by atoms with Crippen molar-refractivity contribution in [3.63, 3.8) is 0 Å². The van der Waals surface area contributed by atoms with Crippen LogP contribution in [-0.2, 0) is 6.54 Å². The molecule has 0 saturated carbocycles. The highest BCUT2D eigenvalue weighted by Crippen LogP contribution is 2.22. The van der Waals surface area contributed by atoms with E-state index in [0.717, 1.165) is 29.8 Å². The summed E-state index contributed by atoms with van der Waals surface area (Å²) in [5, 5.41) is 3.13. The van der Waals surface area contributed by atoms with Crippen molar-refractivity contribution >= 4 is 16.9 Å². The van der Waals surface area contributed by atoms with E-state index >= 15 is 0 Å². The van der Waals surface area contributed by atoms with Crippen LogP contribution >= 0.6 is 0 Å². The summed E-state index contributed by atoms with van der Waals surface area (Å²) in [6.45, 7) is 5.24. The van der Waals surface area contributed by atoms with Gasteiger partial charge in [0.15, 0.2) is 0 Å². The van der Waals surface area contributed by atoms with E-state index in [1.807, 2.05) is 43.3 Å². The van der Waals surface area contributed by atoms with Gasteiger partial charge in [0.05, 0.1) is 17.1 Å². The van der Waals surface area contributed by atoms with Gasteiger partial charge in [-0.15, -0.1) is 0 Å². The molecule has 172 valence electrons. The number of rotatable bonds is 14. The van der Waals surface area contributed by atoms with Gasteiger partial charge >= 0.3 is 0 Å². The summed E-state index contributed by atoms with van der Waals surface area (Å²) in [6.07, 6.45) is 13.3. The summed E-state index contributed by atoms with van der Waals surface area (Å²) >= 11 is 0. The van der Waals surface area contributed by atoms with Gasteiger partial charge < -0.3 is 9.88 Å². The van der Waals surface area contributed by atoms with Crippen molar-refractivity contribution in [3.05, 3.63) is 66.0 Å². The first-order valence-corrected chi connectivity index (χ1v) is 12.5. The number of nitrogens with zero attached hydrogens (tertiary/aromatic N) is 2. The molecule has 0 fully saturated rings. The first-order chi connectivity index (χ1) is 15.7. The highest BCUT2D eigenvalue weighted by atomic mass is 16.1. The molecule has 1 heterocycles. The van der Waals surface area contributed by atoms with Crippen molar-refractivity contribution in [1.29, 1.82) is 0 Å². The van der Waals surface area contributed by atoms with Gasteiger partial charge in [-0.25, -0.2) is 4.98 Å². The summed E-state index contributed by atoms with van der Waals surface area (Å²) in [4.78, 5) is 17.5. The number of unbranched alkanes of at least 4 members (excludes halogenated alkanes) is 9. The van der Waals surface area contributed by atoms with Crippen LogP contribution in [0.4, 0.5) is 0 Å². The summed E-state index contributed by atoms with van der Waals surface area (Å²) in [5.41, 5.74) is 2.83. The maximum Gasteiger partial charge on any atom is 0.251 e. The van der Waals surface area contributed by atoms with Crippen LogP contribution < -0.4 is 5.32 Å². The van der Waals surface area contributed by atoms with Crippen molar-refractivity contribution in [1.82, 2.24) is 14.9 Å². The molecule has 1 N–H and O–H groups in total. The number of hydrogen-bond acceptors (Lipinski definition) is 2. The van der Waals surface area contributed by atoms with E-state index < -0.39 is 0 Å². The number of aryl methyl sites for hydroxylation is 1. The Bertz CT molecular complexity index is 948. The van der Waals surface area contributed by atoms with Crippen molar-refractivity contribution in [2.24, 2.45) is 0 Å². The first kappa shape index (κ1) is 24.0. The fourth-order valence-corrected chi connectivity index (χ4v) is 4.35. The Hall–Kier alpha value is -2.62. The normalized spacial score (nSPS) is 12.2. The molecule has 4 heteroatoms. The fourth-order valence-electron chi connectivity index (χ4n) is 4.35. The molecule has 4 nitrogen and oxygen atoms in total. The van der Waals surface area contributed by atoms with E-state index in [1.165, 1.54) is 57.8 Å². The van der Waals surface area contributed by atoms with Crippen LogP contribution in [0.25, 0.3) is 11.0 Å². The maximum absolute atomic E-state index is 12.7. The molecule has 1 amide bonds. The summed E-state index contributed by atoms with van der Waals surface area (Å²) in [6, 6.07) is 17.5. The zero-order valence-corrected chi connectivity index (χ0v) is 19.9. The molecule has 0 radical (unpaired) electrons. The Morgan fingerprint density at radius 3 is 2.12 bits per heavy atom. The standard InChI is InChI=1S/C28H39N3O/c1-3-4-5-6-7-8-9-10-11-17-22-31-26-21-16-15-20-25(26)30-27(31)23(2)29-28(32)24-18-13-12-14-19-24/h12-16,18-21,23H,3-11,17,22H2,1-2H3,(H,29,32). The third-order valence-corrected chi connectivity index (χ3v) is 6.19. The largest absolute Gasteiger partial charge is 0.342 e. The molecule has 0 spiro atoms. The lowest BCUT2D eigenvalue weighted by Gasteiger charge is -2.16. The molecule has 0 saturated heterocycles. The number of imidazole rings is 1. The molecule has 2 aromatic carbocycles. The molecule has 0 bridgehead atoms. The molecular weight excluding hydrogens is 394 g/mol. The van der Waals surface area contributed by atoms with Crippen LogP contribution in [0.2, 0.25) is 0 Å². The molecule has 32 heavy (non-hydrogen) atoms. The quantitative estimate of drug-likeness (QED) is 0.268. The smallest absolute Gasteiger partial charge is 0.251 e. The van der Waals surface area contributed by atoms with Gasteiger partial charge in [-0.2, -0.15) is 0 Å². The van der Waals surface area contributed by atoms with Gasteiger partial charge in [0.1, 0.15) is 5.82 Å². The lowest BCUT2D eigenvalue weighted by molar-refractivity contribution is 0.0937. The van der Waals surface area contributed by atoms with Crippen LogP contribution in [0.15, 0.2) is 54.6 Å². The van der Waals surface area contributed by atoms with E-state index in [1.54, 1.807) is 0 Å². The van der Waals surface area contributed by atoms with Gasteiger partial charge in [0, 0.05) is 12.1 Å². The zero-order valence-electron chi connectivity index (χ0n) is 19.9. The molecule has 3 aromatic rings. The van der Waals surface area contributed by atoms with E-state index in [4.69, 9.17) is 4.98 Å². The van der Waals surface area contributed by atoms with Gasteiger partial charge in [0.2, 0.25) is 0 Å². The van der Waals surface area contributed by atoms with Gasteiger partial charge in [0.25, 0.3) is 5.91 Å². The van der Waals surface area contributed by atoms with Crippen LogP contribution in [0, 0.1) is 0 Å². The lowest BCUT2D eigenvalue weighted by atomic mass is 10.1. The monoisotopic (exact) mass is 433 g/mol. The molecular formula is C28H39N3O.